The second kappa shape index (κ2) is 7.22. The van der Waals surface area contributed by atoms with Crippen molar-refractivity contribution in [1.29, 1.82) is 0 Å². The number of H-pyrrole nitrogens is 1. The minimum Gasteiger partial charge on any atom is -0.497 e. The lowest BCUT2D eigenvalue weighted by Gasteiger charge is -2.26. The maximum Gasteiger partial charge on any atom is 0.272 e. The predicted octanol–water partition coefficient (Wildman–Crippen LogP) is 3.86. The van der Waals surface area contributed by atoms with Gasteiger partial charge in [-0.3, -0.25) is 4.79 Å². The Morgan fingerprint density at radius 1 is 1.07 bits per heavy atom. The zero-order chi connectivity index (χ0) is 19.8. The van der Waals surface area contributed by atoms with E-state index in [4.69, 9.17) is 14.5 Å². The third-order valence-electron chi connectivity index (χ3n) is 5.38. The Hall–Kier alpha value is -3.38. The summed E-state index contributed by atoms with van der Waals surface area (Å²) in [6.45, 7) is 2.30. The first-order valence-corrected chi connectivity index (χ1v) is 9.67. The van der Waals surface area contributed by atoms with E-state index in [2.05, 4.69) is 11.1 Å². The molecule has 2 aromatic heterocycles. The third kappa shape index (κ3) is 3.11. The summed E-state index contributed by atoms with van der Waals surface area (Å²) in [4.78, 5) is 23.2. The number of amides is 1. The van der Waals surface area contributed by atoms with E-state index in [1.807, 2.05) is 53.4 Å². The molecule has 0 spiro atoms. The highest BCUT2D eigenvalue weighted by molar-refractivity contribution is 6.13. The standard InChI is InChI=1S/C23H21N3O3/c1-28-16-8-6-15(7-9-16)21-22-18(17-4-2-3-5-19(17)24-22)14-20(25-21)23(27)26-10-12-29-13-11-26/h2-9,14,24H,10-13H2,1H3. The molecule has 1 fully saturated rings. The Labute approximate surface area is 168 Å². The highest BCUT2D eigenvalue weighted by atomic mass is 16.5. The summed E-state index contributed by atoms with van der Waals surface area (Å²) in [5, 5.41) is 2.08. The van der Waals surface area contributed by atoms with Crippen molar-refractivity contribution in [1.82, 2.24) is 14.9 Å². The molecule has 0 unspecified atom stereocenters. The first-order chi connectivity index (χ1) is 14.2. The molecular formula is C23H21N3O3. The molecule has 1 N–H and O–H groups in total. The summed E-state index contributed by atoms with van der Waals surface area (Å²) in [7, 11) is 1.64. The van der Waals surface area contributed by atoms with E-state index in [1.165, 1.54) is 0 Å². The van der Waals surface area contributed by atoms with E-state index < -0.39 is 0 Å². The first-order valence-electron chi connectivity index (χ1n) is 9.67. The summed E-state index contributed by atoms with van der Waals surface area (Å²) in [5.41, 5.74) is 4.09. The van der Waals surface area contributed by atoms with E-state index in [1.54, 1.807) is 7.11 Å². The number of nitrogens with one attached hydrogen (secondary N) is 1. The summed E-state index contributed by atoms with van der Waals surface area (Å²) in [6.07, 6.45) is 0. The van der Waals surface area contributed by atoms with Gasteiger partial charge in [-0.2, -0.15) is 0 Å². The van der Waals surface area contributed by atoms with Crippen molar-refractivity contribution in [2.24, 2.45) is 0 Å². The van der Waals surface area contributed by atoms with Gasteiger partial charge in [-0.05, 0) is 36.4 Å². The van der Waals surface area contributed by atoms with Gasteiger partial charge in [0, 0.05) is 34.9 Å². The number of ether oxygens (including phenoxy) is 2. The van der Waals surface area contributed by atoms with Crippen LogP contribution in [0.15, 0.2) is 54.6 Å². The number of benzene rings is 2. The molecule has 0 saturated carbocycles. The van der Waals surface area contributed by atoms with Gasteiger partial charge in [-0.15, -0.1) is 0 Å². The van der Waals surface area contributed by atoms with E-state index in [0.717, 1.165) is 38.8 Å². The molecule has 146 valence electrons. The van der Waals surface area contributed by atoms with Crippen LogP contribution >= 0.6 is 0 Å². The number of hydrogen-bond acceptors (Lipinski definition) is 4. The van der Waals surface area contributed by atoms with Crippen LogP contribution in [0.25, 0.3) is 33.1 Å². The van der Waals surface area contributed by atoms with Crippen LogP contribution in [0.4, 0.5) is 0 Å². The minimum atomic E-state index is -0.0600. The minimum absolute atomic E-state index is 0.0600. The molecule has 1 aliphatic rings. The molecular weight excluding hydrogens is 366 g/mol. The number of pyridine rings is 1. The van der Waals surface area contributed by atoms with E-state index >= 15 is 0 Å². The molecule has 1 aliphatic heterocycles. The van der Waals surface area contributed by atoms with E-state index in [-0.39, 0.29) is 5.91 Å². The van der Waals surface area contributed by atoms with Crippen molar-refractivity contribution in [3.05, 3.63) is 60.3 Å². The van der Waals surface area contributed by atoms with Gasteiger partial charge in [0.25, 0.3) is 5.91 Å². The summed E-state index contributed by atoms with van der Waals surface area (Å²) in [6, 6.07) is 17.8. The number of rotatable bonds is 3. The number of nitrogens with zero attached hydrogens (tertiary/aromatic N) is 2. The second-order valence-electron chi connectivity index (χ2n) is 7.08. The highest BCUT2D eigenvalue weighted by Crippen LogP contribution is 2.33. The van der Waals surface area contributed by atoms with Crippen LogP contribution in [0, 0.1) is 0 Å². The number of fused-ring (bicyclic) bond motifs is 3. The molecule has 0 atom stereocenters. The molecule has 0 radical (unpaired) electrons. The number of aromatic nitrogens is 2. The molecule has 3 heterocycles. The quantitative estimate of drug-likeness (QED) is 0.580. The van der Waals surface area contributed by atoms with Gasteiger partial charge in [-0.1, -0.05) is 18.2 Å². The van der Waals surface area contributed by atoms with Crippen molar-refractivity contribution < 1.29 is 14.3 Å². The number of aromatic amines is 1. The van der Waals surface area contributed by atoms with Crippen LogP contribution in [-0.4, -0.2) is 54.2 Å². The Bertz CT molecular complexity index is 1190. The Kier molecular flexibility index (Phi) is 4.41. The molecule has 29 heavy (non-hydrogen) atoms. The Balaban J connectivity index is 1.71. The van der Waals surface area contributed by atoms with Gasteiger partial charge in [-0.25, -0.2) is 4.98 Å². The molecule has 0 bridgehead atoms. The zero-order valence-electron chi connectivity index (χ0n) is 16.1. The maximum absolute atomic E-state index is 13.2. The number of hydrogen-bond donors (Lipinski definition) is 1. The highest BCUT2D eigenvalue weighted by Gasteiger charge is 2.22. The number of carbonyl (C=O) groups is 1. The van der Waals surface area contributed by atoms with Crippen LogP contribution in [0.1, 0.15) is 10.5 Å². The smallest absolute Gasteiger partial charge is 0.272 e. The van der Waals surface area contributed by atoms with Gasteiger partial charge < -0.3 is 19.4 Å². The molecule has 1 saturated heterocycles. The number of methoxy groups -OCH3 is 1. The lowest BCUT2D eigenvalue weighted by Crippen LogP contribution is -2.41. The fourth-order valence-corrected chi connectivity index (χ4v) is 3.84. The van der Waals surface area contributed by atoms with Gasteiger partial charge in [0.1, 0.15) is 11.4 Å². The van der Waals surface area contributed by atoms with Gasteiger partial charge in [0.05, 0.1) is 31.5 Å². The lowest BCUT2D eigenvalue weighted by molar-refractivity contribution is 0.0299. The fourth-order valence-electron chi connectivity index (χ4n) is 3.84. The molecule has 4 aromatic rings. The van der Waals surface area contributed by atoms with Crippen molar-refractivity contribution in [2.75, 3.05) is 33.4 Å². The monoisotopic (exact) mass is 387 g/mol. The summed E-state index contributed by atoms with van der Waals surface area (Å²) >= 11 is 0. The summed E-state index contributed by atoms with van der Waals surface area (Å²) < 4.78 is 10.7. The van der Waals surface area contributed by atoms with Crippen molar-refractivity contribution in [2.45, 2.75) is 0 Å². The predicted molar refractivity (Wildman–Crippen MR) is 112 cm³/mol. The number of carbonyl (C=O) groups excluding carboxylic acids is 1. The van der Waals surface area contributed by atoms with Crippen molar-refractivity contribution >= 4 is 27.7 Å². The van der Waals surface area contributed by atoms with Crippen molar-refractivity contribution in [3.63, 3.8) is 0 Å². The van der Waals surface area contributed by atoms with Gasteiger partial charge >= 0.3 is 0 Å². The first kappa shape index (κ1) is 17.7. The molecule has 5 rings (SSSR count). The molecule has 1 amide bonds. The maximum atomic E-state index is 13.2. The normalized spacial score (nSPS) is 14.4. The average Bonchev–Trinajstić information content (AvgIpc) is 3.17. The van der Waals surface area contributed by atoms with E-state index in [0.29, 0.717) is 32.0 Å². The number of para-hydroxylation sites is 1. The molecule has 2 aromatic carbocycles. The SMILES string of the molecule is COc1ccc(-c2nc(C(=O)N3CCOCC3)cc3c2[nH]c2ccccc23)cc1. The Morgan fingerprint density at radius 3 is 2.59 bits per heavy atom. The van der Waals surface area contributed by atoms with Gasteiger partial charge in [0.15, 0.2) is 0 Å². The summed E-state index contributed by atoms with van der Waals surface area (Å²) in [5.74, 6) is 0.720. The molecule has 0 aliphatic carbocycles. The zero-order valence-corrected chi connectivity index (χ0v) is 16.1. The van der Waals surface area contributed by atoms with Crippen LogP contribution in [0.2, 0.25) is 0 Å². The third-order valence-corrected chi connectivity index (χ3v) is 5.38. The lowest BCUT2D eigenvalue weighted by atomic mass is 10.1. The average molecular weight is 387 g/mol. The van der Waals surface area contributed by atoms with Crippen LogP contribution < -0.4 is 4.74 Å². The van der Waals surface area contributed by atoms with Crippen LogP contribution in [0.3, 0.4) is 0 Å². The van der Waals surface area contributed by atoms with Gasteiger partial charge in [0.2, 0.25) is 0 Å². The molecule has 6 nitrogen and oxygen atoms in total. The van der Waals surface area contributed by atoms with Crippen LogP contribution in [-0.2, 0) is 4.74 Å². The molecule has 6 heteroatoms. The van der Waals surface area contributed by atoms with Crippen molar-refractivity contribution in [3.8, 4) is 17.0 Å². The second-order valence-corrected chi connectivity index (χ2v) is 7.08. The largest absolute Gasteiger partial charge is 0.497 e. The fraction of sp³-hybridized carbons (Fsp3) is 0.217. The van der Waals surface area contributed by atoms with Crippen LogP contribution in [0.5, 0.6) is 5.75 Å². The topological polar surface area (TPSA) is 67.4 Å². The number of morpholine rings is 1. The Morgan fingerprint density at radius 2 is 1.83 bits per heavy atom. The van der Waals surface area contributed by atoms with E-state index in [9.17, 15) is 4.79 Å².